The first-order chi connectivity index (χ1) is 29.5. The Morgan fingerprint density at radius 2 is 1.68 bits per heavy atom. The molecule has 4 heterocycles. The van der Waals surface area contributed by atoms with Crippen molar-refractivity contribution in [2.24, 2.45) is 5.92 Å². The van der Waals surface area contributed by atoms with E-state index in [2.05, 4.69) is 30.0 Å². The molecule has 18 heteroatoms. The van der Waals surface area contributed by atoms with Crippen molar-refractivity contribution in [2.75, 3.05) is 29.9 Å². The molecule has 0 bridgehead atoms. The molecule has 3 aromatic heterocycles. The number of pyridine rings is 1. The van der Waals surface area contributed by atoms with Crippen LogP contribution in [0.5, 0.6) is 5.75 Å². The van der Waals surface area contributed by atoms with Gasteiger partial charge in [-0.05, 0) is 71.2 Å². The largest absolute Gasteiger partial charge is 0.494 e. The quantitative estimate of drug-likeness (QED) is 0.126. The van der Waals surface area contributed by atoms with Gasteiger partial charge in [0, 0.05) is 43.2 Å². The van der Waals surface area contributed by atoms with Gasteiger partial charge in [-0.2, -0.15) is 4.90 Å². The normalized spacial score (nSPS) is 17.5. The fraction of sp³-hybridized carbons (Fsp3) is 0.429. The Morgan fingerprint density at radius 3 is 2.33 bits per heavy atom. The number of rotatable bonds is 11. The fourth-order valence-corrected chi connectivity index (χ4v) is 6.88. The van der Waals surface area contributed by atoms with Crippen LogP contribution in [0.15, 0.2) is 67.4 Å². The lowest BCUT2D eigenvalue weighted by atomic mass is 9.86. The number of hydrogen-bond acceptors (Lipinski definition) is 12. The number of nitrogens with zero attached hydrogens (tertiary/aromatic N) is 7. The molecule has 1 fully saturated rings. The number of ether oxygens (including phenoxy) is 3. The Morgan fingerprint density at radius 1 is 0.983 bits per heavy atom. The van der Waals surface area contributed by atoms with Gasteiger partial charge >= 0.3 is 12.2 Å². The number of imidazole rings is 1. The van der Waals surface area contributed by atoms with Gasteiger partial charge in [-0.1, -0.05) is 30.3 Å². The highest BCUT2D eigenvalue weighted by atomic mass is 19.3. The van der Waals surface area contributed by atoms with E-state index in [0.717, 1.165) is 18.0 Å². The molecule has 0 saturated carbocycles. The maximum atomic E-state index is 15.7. The molecule has 2 N–H and O–H groups in total. The number of benzene rings is 2. The van der Waals surface area contributed by atoms with Crippen molar-refractivity contribution in [1.29, 1.82) is 0 Å². The van der Waals surface area contributed by atoms with Gasteiger partial charge in [0.15, 0.2) is 28.5 Å². The number of alkyl halides is 2. The van der Waals surface area contributed by atoms with Crippen LogP contribution < -0.4 is 19.9 Å². The Labute approximate surface area is 348 Å². The van der Waals surface area contributed by atoms with Crippen LogP contribution in [0.3, 0.4) is 0 Å². The molecule has 320 valence electrons. The molecule has 0 spiro atoms. The second-order valence-corrected chi connectivity index (χ2v) is 16.3. The first-order valence-electron chi connectivity index (χ1n) is 20.6. The molecule has 2 aromatic carbocycles. The van der Waals surface area contributed by atoms with Gasteiger partial charge in [0.25, 0.3) is 6.43 Å². The summed E-state index contributed by atoms with van der Waals surface area (Å²) < 4.78 is 98.6. The third-order valence-corrected chi connectivity index (χ3v) is 9.57. The van der Waals surface area contributed by atoms with Crippen molar-refractivity contribution in [2.45, 2.75) is 90.8 Å². The molecule has 0 aliphatic carbocycles. The van der Waals surface area contributed by atoms with Crippen molar-refractivity contribution in [3.05, 3.63) is 90.1 Å². The van der Waals surface area contributed by atoms with Crippen LogP contribution >= 0.6 is 0 Å². The molecule has 6 rings (SSSR count). The summed E-state index contributed by atoms with van der Waals surface area (Å²) in [5.74, 6) is -4.30. The summed E-state index contributed by atoms with van der Waals surface area (Å²) in [5, 5.41) is 14.2. The number of amides is 2. The Hall–Kier alpha value is -5.88. The van der Waals surface area contributed by atoms with Gasteiger partial charge in [0.2, 0.25) is 0 Å². The highest BCUT2D eigenvalue weighted by Crippen LogP contribution is 2.35. The van der Waals surface area contributed by atoms with Crippen LogP contribution in [0.4, 0.5) is 38.7 Å². The van der Waals surface area contributed by atoms with E-state index in [9.17, 15) is 23.5 Å². The van der Waals surface area contributed by atoms with Crippen LogP contribution in [0.1, 0.15) is 63.2 Å². The van der Waals surface area contributed by atoms with E-state index in [-0.39, 0.29) is 41.3 Å². The molecule has 5 aromatic rings. The zero-order valence-electron chi connectivity index (χ0n) is 36.8. The van der Waals surface area contributed by atoms with Gasteiger partial charge in [-0.3, -0.25) is 4.98 Å². The molecule has 1 unspecified atom stereocenters. The summed E-state index contributed by atoms with van der Waals surface area (Å²) in [7, 11) is -3.06. The monoisotopic (exact) mass is 839 g/mol. The van der Waals surface area contributed by atoms with E-state index in [0.29, 0.717) is 41.7 Å². The molecule has 3 atom stereocenters. The van der Waals surface area contributed by atoms with Crippen molar-refractivity contribution in [3.63, 3.8) is 0 Å². The highest BCUT2D eigenvalue weighted by Gasteiger charge is 2.39. The van der Waals surface area contributed by atoms with E-state index in [1.807, 2.05) is 30.3 Å². The summed E-state index contributed by atoms with van der Waals surface area (Å²) in [6.45, 7) is 10.2. The SMILES string of the molecule is [2H]C([2H])([2H])Oc1cc(F)c(-c2cc(Cn3cnc4c(N(C(=O)OC(C)(C)C)C(=O)OC(C)(C)C)ncnc43)c(N3CC[C@@H](NCc4ccccc4)C([C@H](O)C(F)F)C3)cn2)cc1F. The number of carbonyl (C=O) groups excluding carboxylic acids is 2. The van der Waals surface area contributed by atoms with Crippen LogP contribution in [0.25, 0.3) is 22.4 Å². The second-order valence-electron chi connectivity index (χ2n) is 16.3. The third kappa shape index (κ3) is 10.1. The third-order valence-electron chi connectivity index (χ3n) is 9.57. The number of aliphatic hydroxyl groups excluding tert-OH is 1. The number of aliphatic hydroxyl groups is 1. The Kier molecular flexibility index (Phi) is 11.7. The van der Waals surface area contributed by atoms with E-state index in [1.54, 1.807) is 46.4 Å². The van der Waals surface area contributed by atoms with Crippen molar-refractivity contribution in [1.82, 2.24) is 29.8 Å². The summed E-state index contributed by atoms with van der Waals surface area (Å²) >= 11 is 0. The standard InChI is InChI=1S/C42H48F4N8O6/c1-41(2,3)59-39(56)54(40(57)60-42(4,5)6)38-34-37(49-22-50-38)53(23-51-34)20-25-15-31(26-16-29(44)33(58-7)17-28(26)43)48-19-32(25)52-14-13-30(27(21-52)35(55)36(45)46)47-18-24-11-9-8-10-12-24/h8-12,15-17,19,22-23,27,30,35-36,47,55H,13-14,18,20-21H2,1-7H3/t27?,30-,35+/m1/s1/i7D3. The molecule has 0 radical (unpaired) electrons. The number of nitrogens with one attached hydrogen (secondary N) is 1. The lowest BCUT2D eigenvalue weighted by Gasteiger charge is -2.42. The lowest BCUT2D eigenvalue weighted by molar-refractivity contribution is -0.0497. The van der Waals surface area contributed by atoms with E-state index < -0.39 is 72.3 Å². The highest BCUT2D eigenvalue weighted by molar-refractivity contribution is 6.12. The van der Waals surface area contributed by atoms with Gasteiger partial charge in [0.1, 0.15) is 29.5 Å². The average molecular weight is 840 g/mol. The Balaban J connectivity index is 1.42. The summed E-state index contributed by atoms with van der Waals surface area (Å²) in [5.41, 5.74) is -0.717. The first kappa shape index (κ1) is 39.6. The predicted octanol–water partition coefficient (Wildman–Crippen LogP) is 7.51. The van der Waals surface area contributed by atoms with Crippen LogP contribution in [-0.4, -0.2) is 91.7 Å². The molecular formula is C42H48F4N8O6. The molecule has 2 amide bonds. The number of piperidine rings is 1. The van der Waals surface area contributed by atoms with Crippen molar-refractivity contribution < 1.29 is 50.6 Å². The molecular weight excluding hydrogens is 789 g/mol. The smallest absolute Gasteiger partial charge is 0.425 e. The number of aromatic nitrogens is 5. The van der Waals surface area contributed by atoms with Gasteiger partial charge in [0.05, 0.1) is 41.6 Å². The first-order valence-corrected chi connectivity index (χ1v) is 19.1. The molecule has 1 aliphatic heterocycles. The maximum Gasteiger partial charge on any atom is 0.425 e. The van der Waals surface area contributed by atoms with Gasteiger partial charge in [-0.25, -0.2) is 42.1 Å². The topological polar surface area (TPSA) is 157 Å². The predicted molar refractivity (Wildman–Crippen MR) is 215 cm³/mol. The zero-order chi connectivity index (χ0) is 46.0. The number of methoxy groups -OCH3 is 1. The average Bonchev–Trinajstić information content (AvgIpc) is 3.59. The van der Waals surface area contributed by atoms with E-state index in [1.165, 1.54) is 23.2 Å². The lowest BCUT2D eigenvalue weighted by Crippen LogP contribution is -2.55. The van der Waals surface area contributed by atoms with Crippen molar-refractivity contribution in [3.8, 4) is 17.0 Å². The summed E-state index contributed by atoms with van der Waals surface area (Å²) in [6, 6.07) is 11.6. The molecule has 60 heavy (non-hydrogen) atoms. The van der Waals surface area contributed by atoms with Crippen LogP contribution in [-0.2, 0) is 22.6 Å². The Bertz CT molecular complexity index is 2400. The van der Waals surface area contributed by atoms with Crippen LogP contribution in [0, 0.1) is 17.6 Å². The fourth-order valence-electron chi connectivity index (χ4n) is 6.88. The van der Waals surface area contributed by atoms with Gasteiger partial charge in [-0.15, -0.1) is 0 Å². The van der Waals surface area contributed by atoms with E-state index in [4.69, 9.17) is 13.6 Å². The zero-order valence-corrected chi connectivity index (χ0v) is 33.8. The summed E-state index contributed by atoms with van der Waals surface area (Å²) in [4.78, 5) is 46.9. The number of hydrogen-bond donors (Lipinski definition) is 2. The van der Waals surface area contributed by atoms with Gasteiger partial charge < -0.3 is 34.1 Å². The minimum absolute atomic E-state index is 0.0200. The molecule has 1 aliphatic rings. The second kappa shape index (κ2) is 17.8. The number of anilines is 2. The molecule has 1 saturated heterocycles. The summed E-state index contributed by atoms with van der Waals surface area (Å²) in [6.07, 6.45) is -3.12. The van der Waals surface area contributed by atoms with E-state index >= 15 is 8.78 Å². The number of halogens is 4. The maximum absolute atomic E-state index is 15.7. The number of carbonyl (C=O) groups is 2. The number of imide groups is 1. The number of fused-ring (bicyclic) bond motifs is 1. The minimum Gasteiger partial charge on any atom is -0.494 e. The minimum atomic E-state index is -3.06. The van der Waals surface area contributed by atoms with Crippen LogP contribution in [0.2, 0.25) is 0 Å². The molecule has 14 nitrogen and oxygen atoms in total. The van der Waals surface area contributed by atoms with Crippen molar-refractivity contribution >= 4 is 34.9 Å².